The maximum atomic E-state index is 13.8. The van der Waals surface area contributed by atoms with Crippen molar-refractivity contribution in [2.75, 3.05) is 18.1 Å². The van der Waals surface area contributed by atoms with Gasteiger partial charge >= 0.3 is 0 Å². The summed E-state index contributed by atoms with van der Waals surface area (Å²) in [4.78, 5) is 29.4. The molecule has 2 atom stereocenters. The number of nitrogens with one attached hydrogen (secondary N) is 1. The van der Waals surface area contributed by atoms with Crippen molar-refractivity contribution in [2.24, 2.45) is 0 Å². The van der Waals surface area contributed by atoms with Gasteiger partial charge in [-0.2, -0.15) is 0 Å². The van der Waals surface area contributed by atoms with Gasteiger partial charge in [-0.15, -0.1) is 0 Å². The van der Waals surface area contributed by atoms with Gasteiger partial charge in [-0.05, 0) is 68.1 Å². The quantitative estimate of drug-likeness (QED) is 0.572. The Hall–Kier alpha value is -3.29. The molecule has 6 nitrogen and oxygen atoms in total. The van der Waals surface area contributed by atoms with Crippen LogP contribution >= 0.6 is 0 Å². The van der Waals surface area contributed by atoms with Gasteiger partial charge in [0.25, 0.3) is 11.8 Å². The summed E-state index contributed by atoms with van der Waals surface area (Å²) in [5, 5.41) is 2.94. The standard InChI is InChI=1S/C28H28N2O4S/c1-18-9-10-19(2)21(14-18)17-30-24-15-20(27(31)29-16-22-6-5-13-34-22)11-12-26(24)35(33)25-8-4-3-7-23(25)28(30)32/h3-4,7-12,14-15,22H,5-6,13,16-17H2,1-2H3,(H,29,31). The van der Waals surface area contributed by atoms with Crippen LogP contribution in [0.15, 0.2) is 70.5 Å². The zero-order valence-corrected chi connectivity index (χ0v) is 20.7. The molecule has 5 rings (SSSR count). The molecule has 0 radical (unpaired) electrons. The summed E-state index contributed by atoms with van der Waals surface area (Å²) in [6, 6.07) is 18.2. The lowest BCUT2D eigenvalue weighted by Crippen LogP contribution is -2.33. The normalized spacial score (nSPS) is 19.1. The first-order valence-corrected chi connectivity index (χ1v) is 13.0. The molecule has 3 aromatic carbocycles. The molecule has 2 amide bonds. The number of hydrogen-bond acceptors (Lipinski definition) is 4. The number of benzene rings is 3. The summed E-state index contributed by atoms with van der Waals surface area (Å²) in [5.41, 5.74) is 4.49. The molecule has 2 heterocycles. The molecule has 1 saturated heterocycles. The van der Waals surface area contributed by atoms with E-state index >= 15 is 0 Å². The van der Waals surface area contributed by atoms with Gasteiger partial charge in [0.2, 0.25) is 0 Å². The lowest BCUT2D eigenvalue weighted by atomic mass is 10.0. The molecule has 7 heteroatoms. The van der Waals surface area contributed by atoms with Gasteiger partial charge in [-0.3, -0.25) is 9.59 Å². The first-order valence-electron chi connectivity index (χ1n) is 11.8. The van der Waals surface area contributed by atoms with Gasteiger partial charge in [-0.25, -0.2) is 4.21 Å². The van der Waals surface area contributed by atoms with E-state index in [-0.39, 0.29) is 17.9 Å². The first-order chi connectivity index (χ1) is 16.9. The summed E-state index contributed by atoms with van der Waals surface area (Å²) in [7, 11) is -1.56. The molecule has 0 aromatic heterocycles. The fraction of sp³-hybridized carbons (Fsp3) is 0.286. The molecule has 1 N–H and O–H groups in total. The number of fused-ring (bicyclic) bond motifs is 2. The van der Waals surface area contributed by atoms with E-state index in [2.05, 4.69) is 11.4 Å². The molecule has 2 aliphatic rings. The minimum atomic E-state index is -1.56. The molecule has 0 bridgehead atoms. The predicted molar refractivity (Wildman–Crippen MR) is 135 cm³/mol. The van der Waals surface area contributed by atoms with Crippen molar-refractivity contribution >= 4 is 28.3 Å². The number of ether oxygens (including phenoxy) is 1. The SMILES string of the molecule is Cc1ccc(C)c(CN2C(=O)c3ccccc3S(=O)c3ccc(C(=O)NCC4CCCO4)cc32)c1. The lowest BCUT2D eigenvalue weighted by molar-refractivity contribution is 0.0857. The maximum absolute atomic E-state index is 13.8. The summed E-state index contributed by atoms with van der Waals surface area (Å²) in [6.45, 7) is 5.51. The van der Waals surface area contributed by atoms with Crippen molar-refractivity contribution in [2.45, 2.75) is 49.1 Å². The molecule has 35 heavy (non-hydrogen) atoms. The van der Waals surface area contributed by atoms with Gasteiger partial charge in [0, 0.05) is 18.7 Å². The second-order valence-corrected chi connectivity index (χ2v) is 10.5. The van der Waals surface area contributed by atoms with E-state index in [0.717, 1.165) is 36.1 Å². The van der Waals surface area contributed by atoms with Crippen molar-refractivity contribution in [3.8, 4) is 0 Å². The van der Waals surface area contributed by atoms with Gasteiger partial charge < -0.3 is 15.0 Å². The van der Waals surface area contributed by atoms with E-state index in [9.17, 15) is 13.8 Å². The van der Waals surface area contributed by atoms with Crippen molar-refractivity contribution in [1.82, 2.24) is 5.32 Å². The molecular formula is C28H28N2O4S. The summed E-state index contributed by atoms with van der Waals surface area (Å²) >= 11 is 0. The van der Waals surface area contributed by atoms with Crippen LogP contribution in [0, 0.1) is 13.8 Å². The van der Waals surface area contributed by atoms with Gasteiger partial charge in [0.05, 0.1) is 44.5 Å². The molecule has 2 aliphatic heterocycles. The Labute approximate surface area is 207 Å². The van der Waals surface area contributed by atoms with Gasteiger partial charge in [-0.1, -0.05) is 35.9 Å². The predicted octanol–water partition coefficient (Wildman–Crippen LogP) is 4.54. The van der Waals surface area contributed by atoms with E-state index in [0.29, 0.717) is 39.7 Å². The summed E-state index contributed by atoms with van der Waals surface area (Å²) < 4.78 is 19.2. The lowest BCUT2D eigenvalue weighted by Gasteiger charge is -2.24. The number of nitrogens with zero attached hydrogens (tertiary/aromatic N) is 1. The maximum Gasteiger partial charge on any atom is 0.259 e. The minimum absolute atomic E-state index is 0.0316. The molecule has 1 fully saturated rings. The zero-order valence-electron chi connectivity index (χ0n) is 19.9. The number of anilines is 1. The van der Waals surface area contributed by atoms with Crippen LogP contribution in [0.1, 0.15) is 50.2 Å². The zero-order chi connectivity index (χ0) is 24.5. The van der Waals surface area contributed by atoms with E-state index < -0.39 is 10.8 Å². The Morgan fingerprint density at radius 3 is 2.71 bits per heavy atom. The number of rotatable bonds is 5. The highest BCUT2D eigenvalue weighted by Crippen LogP contribution is 2.36. The van der Waals surface area contributed by atoms with Crippen LogP contribution in [0.25, 0.3) is 0 Å². The van der Waals surface area contributed by atoms with Gasteiger partial charge in [0.15, 0.2) is 0 Å². The minimum Gasteiger partial charge on any atom is -0.376 e. The second kappa shape index (κ2) is 9.76. The molecule has 0 aliphatic carbocycles. The smallest absolute Gasteiger partial charge is 0.259 e. The van der Waals surface area contributed by atoms with E-state index in [1.165, 1.54) is 0 Å². The highest BCUT2D eigenvalue weighted by Gasteiger charge is 2.32. The third kappa shape index (κ3) is 4.66. The van der Waals surface area contributed by atoms with Gasteiger partial charge in [0.1, 0.15) is 0 Å². The molecular weight excluding hydrogens is 460 g/mol. The average Bonchev–Trinajstić information content (AvgIpc) is 3.38. The van der Waals surface area contributed by atoms with Crippen molar-refractivity contribution in [1.29, 1.82) is 0 Å². The van der Waals surface area contributed by atoms with E-state index in [4.69, 9.17) is 4.74 Å². The molecule has 0 spiro atoms. The molecule has 2 unspecified atom stereocenters. The fourth-order valence-corrected chi connectivity index (χ4v) is 5.96. The van der Waals surface area contributed by atoms with Crippen LogP contribution in [0.4, 0.5) is 5.69 Å². The summed E-state index contributed by atoms with van der Waals surface area (Å²) in [6.07, 6.45) is 1.96. The third-order valence-electron chi connectivity index (χ3n) is 6.62. The largest absolute Gasteiger partial charge is 0.376 e. The van der Waals surface area contributed by atoms with Crippen LogP contribution < -0.4 is 10.2 Å². The second-order valence-electron chi connectivity index (χ2n) is 9.11. The number of amides is 2. The van der Waals surface area contributed by atoms with Crippen molar-refractivity contribution < 1.29 is 18.5 Å². The molecule has 3 aromatic rings. The topological polar surface area (TPSA) is 75.7 Å². The highest BCUT2D eigenvalue weighted by atomic mass is 32.2. The Balaban J connectivity index is 1.56. The van der Waals surface area contributed by atoms with Crippen LogP contribution in [-0.2, 0) is 22.1 Å². The number of carbonyl (C=O) groups excluding carboxylic acids is 2. The first kappa shape index (κ1) is 23.5. The van der Waals surface area contributed by atoms with Crippen molar-refractivity contribution in [3.63, 3.8) is 0 Å². The monoisotopic (exact) mass is 488 g/mol. The van der Waals surface area contributed by atoms with Crippen LogP contribution in [0.3, 0.4) is 0 Å². The van der Waals surface area contributed by atoms with Crippen LogP contribution in [0.5, 0.6) is 0 Å². The Morgan fingerprint density at radius 1 is 1.09 bits per heavy atom. The fourth-order valence-electron chi connectivity index (χ4n) is 4.62. The number of hydrogen-bond donors (Lipinski definition) is 1. The van der Waals surface area contributed by atoms with E-state index in [1.807, 2.05) is 26.0 Å². The number of aryl methyl sites for hydroxylation is 2. The van der Waals surface area contributed by atoms with E-state index in [1.54, 1.807) is 47.4 Å². The average molecular weight is 489 g/mol. The van der Waals surface area contributed by atoms with Crippen molar-refractivity contribution in [3.05, 3.63) is 88.5 Å². The third-order valence-corrected chi connectivity index (χ3v) is 8.12. The molecule has 0 saturated carbocycles. The Bertz CT molecular complexity index is 1330. The molecule has 180 valence electrons. The highest BCUT2D eigenvalue weighted by molar-refractivity contribution is 7.85. The Kier molecular flexibility index (Phi) is 6.54. The van der Waals surface area contributed by atoms with Crippen LogP contribution in [0.2, 0.25) is 0 Å². The Morgan fingerprint density at radius 2 is 1.91 bits per heavy atom. The number of carbonyl (C=O) groups is 2. The van der Waals surface area contributed by atoms with Crippen LogP contribution in [-0.4, -0.2) is 35.3 Å². The summed E-state index contributed by atoms with van der Waals surface area (Å²) in [5.74, 6) is -0.472.